The number of hydrogen-bond acceptors (Lipinski definition) is 2. The van der Waals surface area contributed by atoms with E-state index in [1.807, 2.05) is 0 Å². The Hall–Kier alpha value is -1.29. The maximum Gasteiger partial charge on any atom is 0.131 e. The highest BCUT2D eigenvalue weighted by molar-refractivity contribution is 9.10. The first-order valence-corrected chi connectivity index (χ1v) is 8.07. The van der Waals surface area contributed by atoms with Crippen molar-refractivity contribution >= 4 is 21.7 Å². The summed E-state index contributed by atoms with van der Waals surface area (Å²) in [4.78, 5) is 4.86. The lowest BCUT2D eigenvalue weighted by Crippen LogP contribution is -2.21. The standard InChI is InChI=1S/C17H24BrN3/c1-10(2)21-15(19)14(20-16(21)17(4,5)6)12-8-7-11(3)13(18)9-12/h7-10H,19H2,1-6H3. The Labute approximate surface area is 135 Å². The molecule has 2 aromatic rings. The summed E-state index contributed by atoms with van der Waals surface area (Å²) in [7, 11) is 0. The summed E-state index contributed by atoms with van der Waals surface area (Å²) in [5.41, 5.74) is 9.49. The maximum atomic E-state index is 6.41. The van der Waals surface area contributed by atoms with Crippen LogP contribution in [0.15, 0.2) is 22.7 Å². The fraction of sp³-hybridized carbons (Fsp3) is 0.471. The molecule has 0 aliphatic carbocycles. The Morgan fingerprint density at radius 1 is 1.24 bits per heavy atom. The molecular formula is C17H24BrN3. The van der Waals surface area contributed by atoms with Gasteiger partial charge in [0.1, 0.15) is 17.3 Å². The fourth-order valence-corrected chi connectivity index (χ4v) is 2.83. The summed E-state index contributed by atoms with van der Waals surface area (Å²) >= 11 is 3.59. The Kier molecular flexibility index (Phi) is 4.20. The normalized spacial score (nSPS) is 12.2. The van der Waals surface area contributed by atoms with Crippen molar-refractivity contribution in [3.63, 3.8) is 0 Å². The average molecular weight is 350 g/mol. The van der Waals surface area contributed by atoms with Crippen LogP contribution >= 0.6 is 15.9 Å². The zero-order chi connectivity index (χ0) is 15.9. The number of nitrogens with two attached hydrogens (primary N) is 1. The highest BCUT2D eigenvalue weighted by Gasteiger charge is 2.26. The molecule has 0 amide bonds. The van der Waals surface area contributed by atoms with Gasteiger partial charge in [0.15, 0.2) is 0 Å². The molecule has 2 N–H and O–H groups in total. The van der Waals surface area contributed by atoms with E-state index < -0.39 is 0 Å². The molecule has 1 aromatic carbocycles. The van der Waals surface area contributed by atoms with Crippen LogP contribution in [0.4, 0.5) is 5.82 Å². The maximum absolute atomic E-state index is 6.41. The topological polar surface area (TPSA) is 43.8 Å². The van der Waals surface area contributed by atoms with Crippen molar-refractivity contribution in [3.05, 3.63) is 34.1 Å². The molecule has 3 nitrogen and oxygen atoms in total. The highest BCUT2D eigenvalue weighted by atomic mass is 79.9. The Bertz CT molecular complexity index is 663. The lowest BCUT2D eigenvalue weighted by molar-refractivity contribution is 0.473. The SMILES string of the molecule is Cc1ccc(-c2nc(C(C)(C)C)n(C(C)C)c2N)cc1Br. The van der Waals surface area contributed by atoms with Crippen LogP contribution in [0.3, 0.4) is 0 Å². The zero-order valence-electron chi connectivity index (χ0n) is 13.7. The number of anilines is 1. The number of aryl methyl sites for hydroxylation is 1. The molecule has 0 fully saturated rings. The van der Waals surface area contributed by atoms with Crippen molar-refractivity contribution in [1.82, 2.24) is 9.55 Å². The van der Waals surface area contributed by atoms with E-state index in [0.29, 0.717) is 0 Å². The molecule has 0 bridgehead atoms. The second-order valence-corrected chi connectivity index (χ2v) is 7.70. The molecular weight excluding hydrogens is 326 g/mol. The van der Waals surface area contributed by atoms with E-state index in [9.17, 15) is 0 Å². The molecule has 2 rings (SSSR count). The number of nitrogens with zero attached hydrogens (tertiary/aromatic N) is 2. The first-order valence-electron chi connectivity index (χ1n) is 7.27. The van der Waals surface area contributed by atoms with E-state index in [2.05, 4.69) is 80.2 Å². The summed E-state index contributed by atoms with van der Waals surface area (Å²) in [6.07, 6.45) is 0. The van der Waals surface area contributed by atoms with Crippen LogP contribution in [-0.2, 0) is 5.41 Å². The van der Waals surface area contributed by atoms with E-state index in [-0.39, 0.29) is 11.5 Å². The quantitative estimate of drug-likeness (QED) is 0.821. The summed E-state index contributed by atoms with van der Waals surface area (Å²) in [5.74, 6) is 1.77. The molecule has 0 saturated heterocycles. The minimum absolute atomic E-state index is 0.0431. The highest BCUT2D eigenvalue weighted by Crippen LogP contribution is 2.35. The van der Waals surface area contributed by atoms with Crippen LogP contribution in [0.1, 0.15) is 52.0 Å². The van der Waals surface area contributed by atoms with Gasteiger partial charge in [-0.1, -0.05) is 48.8 Å². The molecule has 0 aliphatic rings. The van der Waals surface area contributed by atoms with Gasteiger partial charge in [0, 0.05) is 21.5 Å². The first kappa shape index (κ1) is 16.1. The van der Waals surface area contributed by atoms with Gasteiger partial charge in [0.05, 0.1) is 0 Å². The lowest BCUT2D eigenvalue weighted by atomic mass is 9.95. The van der Waals surface area contributed by atoms with Gasteiger partial charge < -0.3 is 10.3 Å². The summed E-state index contributed by atoms with van der Waals surface area (Å²) in [5, 5.41) is 0. The van der Waals surface area contributed by atoms with Crippen molar-refractivity contribution in [2.75, 3.05) is 5.73 Å². The third-order valence-electron chi connectivity index (χ3n) is 3.58. The zero-order valence-corrected chi connectivity index (χ0v) is 15.2. The van der Waals surface area contributed by atoms with E-state index in [0.717, 1.165) is 27.4 Å². The van der Waals surface area contributed by atoms with Crippen molar-refractivity contribution < 1.29 is 0 Å². The van der Waals surface area contributed by atoms with Crippen LogP contribution in [-0.4, -0.2) is 9.55 Å². The van der Waals surface area contributed by atoms with E-state index in [4.69, 9.17) is 10.7 Å². The van der Waals surface area contributed by atoms with Gasteiger partial charge in [-0.15, -0.1) is 0 Å². The third kappa shape index (κ3) is 3.00. The molecule has 1 aromatic heterocycles. The molecule has 0 saturated carbocycles. The number of hydrogen-bond donors (Lipinski definition) is 1. The summed E-state index contributed by atoms with van der Waals surface area (Å²) < 4.78 is 3.22. The van der Waals surface area contributed by atoms with Gasteiger partial charge in [-0.3, -0.25) is 0 Å². The van der Waals surface area contributed by atoms with Gasteiger partial charge in [-0.05, 0) is 32.4 Å². The fourth-order valence-electron chi connectivity index (χ4n) is 2.45. The summed E-state index contributed by atoms with van der Waals surface area (Å²) in [6.45, 7) is 12.9. The van der Waals surface area contributed by atoms with Gasteiger partial charge in [-0.2, -0.15) is 0 Å². The largest absolute Gasteiger partial charge is 0.383 e. The monoisotopic (exact) mass is 349 g/mol. The number of rotatable bonds is 2. The molecule has 0 aliphatic heterocycles. The molecule has 0 atom stereocenters. The number of halogens is 1. The Morgan fingerprint density at radius 2 is 1.86 bits per heavy atom. The van der Waals surface area contributed by atoms with Crippen molar-refractivity contribution in [2.45, 2.75) is 53.0 Å². The predicted octanol–water partition coefficient (Wildman–Crippen LogP) is 5.08. The van der Waals surface area contributed by atoms with Crippen molar-refractivity contribution in [1.29, 1.82) is 0 Å². The second-order valence-electron chi connectivity index (χ2n) is 6.85. The minimum atomic E-state index is -0.0431. The number of benzene rings is 1. The van der Waals surface area contributed by atoms with E-state index in [1.165, 1.54) is 5.56 Å². The third-order valence-corrected chi connectivity index (χ3v) is 4.43. The number of imidazole rings is 1. The first-order chi connectivity index (χ1) is 9.62. The molecule has 1 heterocycles. The molecule has 0 unspecified atom stereocenters. The molecule has 0 spiro atoms. The molecule has 114 valence electrons. The number of nitrogen functional groups attached to an aromatic ring is 1. The minimum Gasteiger partial charge on any atom is -0.383 e. The van der Waals surface area contributed by atoms with Crippen LogP contribution in [0.25, 0.3) is 11.3 Å². The molecule has 0 radical (unpaired) electrons. The molecule has 21 heavy (non-hydrogen) atoms. The van der Waals surface area contributed by atoms with Crippen LogP contribution in [0.5, 0.6) is 0 Å². The van der Waals surface area contributed by atoms with Crippen molar-refractivity contribution in [3.8, 4) is 11.3 Å². The van der Waals surface area contributed by atoms with Gasteiger partial charge in [-0.25, -0.2) is 4.98 Å². The number of aromatic nitrogens is 2. The van der Waals surface area contributed by atoms with Crippen LogP contribution in [0, 0.1) is 6.92 Å². The van der Waals surface area contributed by atoms with Gasteiger partial charge >= 0.3 is 0 Å². The van der Waals surface area contributed by atoms with E-state index in [1.54, 1.807) is 0 Å². The Morgan fingerprint density at radius 3 is 2.29 bits per heavy atom. The van der Waals surface area contributed by atoms with Gasteiger partial charge in [0.25, 0.3) is 0 Å². The second kappa shape index (κ2) is 5.48. The summed E-state index contributed by atoms with van der Waals surface area (Å²) in [6, 6.07) is 6.54. The Balaban J connectivity index is 2.68. The average Bonchev–Trinajstić information content (AvgIpc) is 2.70. The van der Waals surface area contributed by atoms with Gasteiger partial charge in [0.2, 0.25) is 0 Å². The molecule has 4 heteroatoms. The van der Waals surface area contributed by atoms with Crippen molar-refractivity contribution in [2.24, 2.45) is 0 Å². The van der Waals surface area contributed by atoms with E-state index >= 15 is 0 Å². The van der Waals surface area contributed by atoms with Crippen LogP contribution < -0.4 is 5.73 Å². The smallest absolute Gasteiger partial charge is 0.131 e. The predicted molar refractivity (Wildman–Crippen MR) is 93.6 cm³/mol. The van der Waals surface area contributed by atoms with Crippen LogP contribution in [0.2, 0.25) is 0 Å². The lowest BCUT2D eigenvalue weighted by Gasteiger charge is -2.22.